The lowest BCUT2D eigenvalue weighted by Crippen LogP contribution is -2.61. The van der Waals surface area contributed by atoms with Crippen molar-refractivity contribution in [1.29, 1.82) is 0 Å². The third-order valence-electron chi connectivity index (χ3n) is 5.33. The molecule has 16 heteroatoms. The molecular weight excluding hydrogens is 641 g/mol. The van der Waals surface area contributed by atoms with Gasteiger partial charge in [-0.15, -0.1) is 0 Å². The summed E-state index contributed by atoms with van der Waals surface area (Å²) in [5.41, 5.74) is 1.35. The summed E-state index contributed by atoms with van der Waals surface area (Å²) in [4.78, 5) is 10.3. The Morgan fingerprint density at radius 1 is 0.450 bits per heavy atom. The molecule has 0 unspecified atom stereocenters. The lowest BCUT2D eigenvalue weighted by molar-refractivity contribution is 0.260. The van der Waals surface area contributed by atoms with E-state index >= 15 is 0 Å². The topological polar surface area (TPSA) is 84.8 Å². The predicted molar refractivity (Wildman–Crippen MR) is 185 cm³/mol. The standard InChI is InChI=1S/C24H58O8Si8/c1-33(2,23-22-24-20-18-17-19-21-24)26-35(5,6)28-37(9,10)30-39(13,14)32-40(15,16)31-38(11,12)29-36(7,8)27-34(3,4)25/h17-21,25H,22-23H2,1-16H3. The molecule has 0 radical (unpaired) electrons. The molecule has 0 saturated heterocycles. The Morgan fingerprint density at radius 2 is 0.750 bits per heavy atom. The summed E-state index contributed by atoms with van der Waals surface area (Å²) in [6, 6.07) is 11.6. The minimum atomic E-state index is -2.72. The van der Waals surface area contributed by atoms with Crippen LogP contribution in [0.1, 0.15) is 5.56 Å². The molecule has 0 amide bonds. The van der Waals surface area contributed by atoms with Crippen LogP contribution in [0.4, 0.5) is 0 Å². The van der Waals surface area contributed by atoms with E-state index in [2.05, 4.69) is 82.7 Å². The zero-order chi connectivity index (χ0) is 31.5. The van der Waals surface area contributed by atoms with Crippen molar-refractivity contribution in [2.24, 2.45) is 0 Å². The molecule has 1 N–H and O–H groups in total. The Bertz CT molecular complexity index is 935. The maximum atomic E-state index is 10.3. The van der Waals surface area contributed by atoms with Crippen LogP contribution < -0.4 is 0 Å². The van der Waals surface area contributed by atoms with Gasteiger partial charge in [0.25, 0.3) is 0 Å². The monoisotopic (exact) mass is 698 g/mol. The van der Waals surface area contributed by atoms with Crippen molar-refractivity contribution in [3.8, 4) is 0 Å². The highest BCUT2D eigenvalue weighted by molar-refractivity contribution is 6.92. The van der Waals surface area contributed by atoms with E-state index in [1.54, 1.807) is 13.1 Å². The Hall–Kier alpha value is 0.635. The zero-order valence-electron chi connectivity index (χ0n) is 28.1. The number of benzene rings is 1. The predicted octanol–water partition coefficient (Wildman–Crippen LogP) is 7.46. The summed E-state index contributed by atoms with van der Waals surface area (Å²) in [6.45, 7) is 32.7. The van der Waals surface area contributed by atoms with Gasteiger partial charge in [0.2, 0.25) is 0 Å². The molecule has 1 aromatic carbocycles. The van der Waals surface area contributed by atoms with Gasteiger partial charge in [0.1, 0.15) is 0 Å². The highest BCUT2D eigenvalue weighted by Crippen LogP contribution is 2.29. The van der Waals surface area contributed by atoms with Crippen LogP contribution >= 0.6 is 0 Å². The molecule has 0 atom stereocenters. The molecule has 0 spiro atoms. The minimum absolute atomic E-state index is 1.02. The van der Waals surface area contributed by atoms with E-state index in [0.29, 0.717) is 0 Å². The van der Waals surface area contributed by atoms with Gasteiger partial charge < -0.3 is 33.6 Å². The number of aryl methyl sites for hydroxylation is 1. The van der Waals surface area contributed by atoms with Crippen LogP contribution in [0.15, 0.2) is 30.3 Å². The zero-order valence-corrected chi connectivity index (χ0v) is 36.1. The van der Waals surface area contributed by atoms with Crippen molar-refractivity contribution in [3.05, 3.63) is 35.9 Å². The Morgan fingerprint density at radius 3 is 1.07 bits per heavy atom. The molecule has 0 aliphatic heterocycles. The molecule has 0 aliphatic rings. The summed E-state index contributed by atoms with van der Waals surface area (Å²) in [6.07, 6.45) is 1.02. The van der Waals surface area contributed by atoms with Crippen molar-refractivity contribution in [2.75, 3.05) is 0 Å². The average molecular weight is 699 g/mol. The first-order valence-electron chi connectivity index (χ1n) is 14.2. The van der Waals surface area contributed by atoms with E-state index in [-0.39, 0.29) is 0 Å². The summed E-state index contributed by atoms with van der Waals surface area (Å²) in [7, 11) is -20.1. The third kappa shape index (κ3) is 17.1. The maximum absolute atomic E-state index is 10.3. The Balaban J connectivity index is 2.80. The molecule has 1 aromatic rings. The fraction of sp³-hybridized carbons (Fsp3) is 0.750. The molecule has 0 aromatic heterocycles. The summed E-state index contributed by atoms with van der Waals surface area (Å²) in [5.74, 6) is 0. The van der Waals surface area contributed by atoms with Crippen LogP contribution in [0, 0.1) is 0 Å². The number of hydrogen-bond donors (Lipinski definition) is 1. The van der Waals surface area contributed by atoms with Crippen LogP contribution in [0.25, 0.3) is 0 Å². The van der Waals surface area contributed by atoms with E-state index < -0.39 is 68.2 Å². The van der Waals surface area contributed by atoms with Gasteiger partial charge in [-0.05, 0) is 123 Å². The molecule has 0 fully saturated rings. The van der Waals surface area contributed by atoms with Crippen molar-refractivity contribution in [2.45, 2.75) is 117 Å². The van der Waals surface area contributed by atoms with Gasteiger partial charge in [-0.2, -0.15) is 0 Å². The smallest absolute Gasteiger partial charge is 0.320 e. The second-order valence-corrected chi connectivity index (χ2v) is 43.7. The van der Waals surface area contributed by atoms with E-state index in [0.717, 1.165) is 12.5 Å². The average Bonchev–Trinajstić information content (AvgIpc) is 2.58. The first-order valence-corrected chi connectivity index (χ1v) is 37.1. The van der Waals surface area contributed by atoms with Crippen molar-refractivity contribution < 1.29 is 33.6 Å². The van der Waals surface area contributed by atoms with Gasteiger partial charge >= 0.3 is 59.9 Å². The van der Waals surface area contributed by atoms with Gasteiger partial charge in [0.15, 0.2) is 8.32 Å². The minimum Gasteiger partial charge on any atom is -0.436 e. The van der Waals surface area contributed by atoms with Gasteiger partial charge in [0.05, 0.1) is 0 Å². The second kappa shape index (κ2) is 13.7. The van der Waals surface area contributed by atoms with E-state index in [1.807, 2.05) is 39.3 Å². The molecule has 1 rings (SSSR count). The summed E-state index contributed by atoms with van der Waals surface area (Å²) in [5, 5.41) is 0. The molecule has 234 valence electrons. The first-order chi connectivity index (χ1) is 17.5. The fourth-order valence-corrected chi connectivity index (χ4v) is 43.9. The first kappa shape index (κ1) is 38.7. The Kier molecular flexibility index (Phi) is 13.3. The molecule has 0 heterocycles. The van der Waals surface area contributed by atoms with Crippen molar-refractivity contribution in [3.63, 3.8) is 0 Å². The molecular formula is C24H58O8Si8. The van der Waals surface area contributed by atoms with Crippen LogP contribution in [-0.4, -0.2) is 73.0 Å². The van der Waals surface area contributed by atoms with Crippen molar-refractivity contribution >= 4 is 68.2 Å². The maximum Gasteiger partial charge on any atom is 0.320 e. The molecule has 0 saturated carbocycles. The fourth-order valence-electron chi connectivity index (χ4n) is 5.49. The number of hydrogen-bond acceptors (Lipinski definition) is 8. The molecule has 0 bridgehead atoms. The normalized spacial score (nSPS) is 15.0. The van der Waals surface area contributed by atoms with Gasteiger partial charge in [0, 0.05) is 0 Å². The van der Waals surface area contributed by atoms with E-state index in [4.69, 9.17) is 28.8 Å². The highest BCUT2D eigenvalue weighted by Gasteiger charge is 2.49. The summed E-state index contributed by atoms with van der Waals surface area (Å²) >= 11 is 0. The molecule has 0 aliphatic carbocycles. The van der Waals surface area contributed by atoms with E-state index in [9.17, 15) is 4.80 Å². The van der Waals surface area contributed by atoms with Gasteiger partial charge in [-0.1, -0.05) is 30.3 Å². The van der Waals surface area contributed by atoms with Crippen LogP contribution in [0.3, 0.4) is 0 Å². The molecule has 8 nitrogen and oxygen atoms in total. The SMILES string of the molecule is C[Si](C)(O)O[Si](C)(C)O[Si](C)(C)O[Si](C)(C)O[Si](C)(C)O[Si](C)(C)O[Si](C)(C)O[Si](C)(C)CCc1ccccc1. The quantitative estimate of drug-likeness (QED) is 0.168. The number of rotatable bonds is 17. The van der Waals surface area contributed by atoms with Crippen LogP contribution in [0.2, 0.25) is 111 Å². The third-order valence-corrected chi connectivity index (χ3v) is 34.6. The van der Waals surface area contributed by atoms with Gasteiger partial charge in [-0.3, -0.25) is 0 Å². The lowest BCUT2D eigenvalue weighted by Gasteiger charge is -2.44. The highest BCUT2D eigenvalue weighted by atomic mass is 28.5. The lowest BCUT2D eigenvalue weighted by atomic mass is 10.2. The molecule has 40 heavy (non-hydrogen) atoms. The van der Waals surface area contributed by atoms with Crippen molar-refractivity contribution in [1.82, 2.24) is 0 Å². The largest absolute Gasteiger partial charge is 0.436 e. The second-order valence-electron chi connectivity index (χ2n) is 14.3. The van der Waals surface area contributed by atoms with Crippen LogP contribution in [-0.2, 0) is 35.2 Å². The Labute approximate surface area is 253 Å². The van der Waals surface area contributed by atoms with Gasteiger partial charge in [-0.25, -0.2) is 0 Å². The van der Waals surface area contributed by atoms with Crippen LogP contribution in [0.5, 0.6) is 0 Å². The van der Waals surface area contributed by atoms with E-state index in [1.165, 1.54) is 5.56 Å². The summed E-state index contributed by atoms with van der Waals surface area (Å²) < 4.78 is 45.9.